The molecule has 0 fully saturated rings. The first kappa shape index (κ1) is 18.2. The number of nitrogens with one attached hydrogen (secondary N) is 2. The molecule has 2 N–H and O–H groups in total. The molecule has 3 nitrogen and oxygen atoms in total. The first-order valence-corrected chi connectivity index (χ1v) is 9.22. The van der Waals surface area contributed by atoms with Crippen molar-refractivity contribution in [2.45, 2.75) is 19.9 Å². The summed E-state index contributed by atoms with van der Waals surface area (Å²) in [5.41, 5.74) is 3.83. The monoisotopic (exact) mass is 347 g/mol. The number of quaternary nitrogens is 1. The third-order valence-electron chi connectivity index (χ3n) is 4.76. The van der Waals surface area contributed by atoms with Crippen LogP contribution in [0, 0.1) is 6.92 Å². The minimum Gasteiger partial charge on any atom is -0.351 e. The molecule has 1 atom stereocenters. The molecule has 0 saturated heterocycles. The molecule has 0 aliphatic heterocycles. The number of fused-ring (bicyclic) bond motifs is 1. The van der Waals surface area contributed by atoms with Gasteiger partial charge in [-0.05, 0) is 41.3 Å². The summed E-state index contributed by atoms with van der Waals surface area (Å²) in [6, 6.07) is 23.2. The van der Waals surface area contributed by atoms with Crippen molar-refractivity contribution < 1.29 is 9.69 Å². The zero-order valence-electron chi connectivity index (χ0n) is 15.6. The van der Waals surface area contributed by atoms with E-state index in [0.29, 0.717) is 13.1 Å². The van der Waals surface area contributed by atoms with Crippen LogP contribution < -0.4 is 10.2 Å². The lowest BCUT2D eigenvalue weighted by Gasteiger charge is -2.14. The maximum atomic E-state index is 12.2. The third kappa shape index (κ3) is 4.93. The summed E-state index contributed by atoms with van der Waals surface area (Å²) in [5.74, 6) is 0.108. The normalized spacial score (nSPS) is 12.1. The summed E-state index contributed by atoms with van der Waals surface area (Å²) in [6.07, 6.45) is 0.877. The third-order valence-corrected chi connectivity index (χ3v) is 4.76. The standard InChI is InChI=1S/C23H26N2O/c1-18-7-3-4-8-20(18)13-14-24-23(26)17-25(2)16-19-11-12-21-9-5-6-10-22(21)15-19/h3-12,15H,13-14,16-17H2,1-2H3,(H,24,26)/p+1. The highest BCUT2D eigenvalue weighted by Gasteiger charge is 2.10. The van der Waals surface area contributed by atoms with Crippen molar-refractivity contribution in [2.75, 3.05) is 20.1 Å². The molecule has 3 aromatic rings. The number of aryl methyl sites for hydroxylation is 1. The Kier molecular flexibility index (Phi) is 6.03. The van der Waals surface area contributed by atoms with Crippen molar-refractivity contribution in [3.8, 4) is 0 Å². The van der Waals surface area contributed by atoms with Gasteiger partial charge < -0.3 is 10.2 Å². The highest BCUT2D eigenvalue weighted by molar-refractivity contribution is 5.83. The van der Waals surface area contributed by atoms with Gasteiger partial charge >= 0.3 is 0 Å². The number of likely N-dealkylation sites (N-methyl/N-ethyl adjacent to an activating group) is 1. The van der Waals surface area contributed by atoms with Gasteiger partial charge in [-0.3, -0.25) is 4.79 Å². The van der Waals surface area contributed by atoms with Crippen LogP contribution in [0.4, 0.5) is 0 Å². The summed E-state index contributed by atoms with van der Waals surface area (Å²) in [7, 11) is 2.07. The molecule has 3 rings (SSSR count). The average molecular weight is 347 g/mol. The Balaban J connectivity index is 1.47. The number of carbonyl (C=O) groups is 1. The van der Waals surface area contributed by atoms with Gasteiger partial charge in [-0.25, -0.2) is 0 Å². The Morgan fingerprint density at radius 1 is 0.962 bits per heavy atom. The van der Waals surface area contributed by atoms with E-state index in [1.165, 1.54) is 32.4 Å². The van der Waals surface area contributed by atoms with Crippen molar-refractivity contribution in [1.82, 2.24) is 5.32 Å². The lowest BCUT2D eigenvalue weighted by Crippen LogP contribution is -3.08. The number of benzene rings is 3. The molecule has 1 unspecified atom stereocenters. The zero-order chi connectivity index (χ0) is 18.4. The van der Waals surface area contributed by atoms with E-state index in [1.807, 2.05) is 12.1 Å². The SMILES string of the molecule is Cc1ccccc1CCNC(=O)C[NH+](C)Cc1ccc2ccccc2c1. The fourth-order valence-corrected chi connectivity index (χ4v) is 3.32. The first-order chi connectivity index (χ1) is 12.6. The highest BCUT2D eigenvalue weighted by Crippen LogP contribution is 2.14. The second kappa shape index (κ2) is 8.63. The van der Waals surface area contributed by atoms with Crippen molar-refractivity contribution in [2.24, 2.45) is 0 Å². The number of hydrogen-bond acceptors (Lipinski definition) is 1. The first-order valence-electron chi connectivity index (χ1n) is 9.22. The fourth-order valence-electron chi connectivity index (χ4n) is 3.32. The van der Waals surface area contributed by atoms with Crippen LogP contribution in [0.5, 0.6) is 0 Å². The zero-order valence-corrected chi connectivity index (χ0v) is 15.6. The molecule has 26 heavy (non-hydrogen) atoms. The number of hydrogen-bond donors (Lipinski definition) is 2. The van der Waals surface area contributed by atoms with Crippen LogP contribution in [0.15, 0.2) is 66.7 Å². The molecule has 134 valence electrons. The molecule has 3 heteroatoms. The van der Waals surface area contributed by atoms with Crippen LogP contribution in [0.1, 0.15) is 16.7 Å². The van der Waals surface area contributed by atoms with Gasteiger partial charge in [-0.2, -0.15) is 0 Å². The molecular formula is C23H27N2O+. The van der Waals surface area contributed by atoms with Crippen LogP contribution in [0.2, 0.25) is 0 Å². The van der Waals surface area contributed by atoms with Crippen LogP contribution in [0.3, 0.4) is 0 Å². The van der Waals surface area contributed by atoms with Crippen molar-refractivity contribution in [3.05, 3.63) is 83.4 Å². The number of carbonyl (C=O) groups excluding carboxylic acids is 1. The van der Waals surface area contributed by atoms with E-state index >= 15 is 0 Å². The highest BCUT2D eigenvalue weighted by atomic mass is 16.2. The fraction of sp³-hybridized carbons (Fsp3) is 0.261. The summed E-state index contributed by atoms with van der Waals surface area (Å²) in [6.45, 7) is 4.13. The smallest absolute Gasteiger partial charge is 0.275 e. The number of amides is 1. The molecule has 3 aromatic carbocycles. The maximum Gasteiger partial charge on any atom is 0.275 e. The van der Waals surface area contributed by atoms with Gasteiger partial charge in [0.2, 0.25) is 0 Å². The second-order valence-corrected chi connectivity index (χ2v) is 7.02. The van der Waals surface area contributed by atoms with Crippen LogP contribution in [0.25, 0.3) is 10.8 Å². The average Bonchev–Trinajstić information content (AvgIpc) is 2.63. The Labute approximate surface area is 155 Å². The Bertz CT molecular complexity index is 888. The van der Waals surface area contributed by atoms with E-state index in [4.69, 9.17) is 0 Å². The largest absolute Gasteiger partial charge is 0.351 e. The van der Waals surface area contributed by atoms with Crippen LogP contribution in [-0.2, 0) is 17.8 Å². The van der Waals surface area contributed by atoms with E-state index in [1.54, 1.807) is 0 Å². The Morgan fingerprint density at radius 2 is 1.69 bits per heavy atom. The molecule has 1 amide bonds. The van der Waals surface area contributed by atoms with E-state index in [2.05, 4.69) is 73.9 Å². The van der Waals surface area contributed by atoms with Gasteiger partial charge in [-0.1, -0.05) is 60.7 Å². The maximum absolute atomic E-state index is 12.2. The summed E-state index contributed by atoms with van der Waals surface area (Å²) in [5, 5.41) is 5.55. The van der Waals surface area contributed by atoms with Crippen LogP contribution in [-0.4, -0.2) is 26.0 Å². The predicted molar refractivity (Wildman–Crippen MR) is 107 cm³/mol. The Morgan fingerprint density at radius 3 is 2.50 bits per heavy atom. The van der Waals surface area contributed by atoms with Crippen molar-refractivity contribution in [1.29, 1.82) is 0 Å². The minimum absolute atomic E-state index is 0.108. The van der Waals surface area contributed by atoms with E-state index in [0.717, 1.165) is 13.0 Å². The molecule has 0 spiro atoms. The predicted octanol–water partition coefficient (Wildman–Crippen LogP) is 2.52. The molecule has 0 aliphatic carbocycles. The lowest BCUT2D eigenvalue weighted by atomic mass is 10.1. The molecular weight excluding hydrogens is 320 g/mol. The molecule has 0 saturated carbocycles. The number of rotatable bonds is 7. The summed E-state index contributed by atoms with van der Waals surface area (Å²) in [4.78, 5) is 13.4. The van der Waals surface area contributed by atoms with Gasteiger partial charge in [0.25, 0.3) is 5.91 Å². The van der Waals surface area contributed by atoms with E-state index in [-0.39, 0.29) is 5.91 Å². The van der Waals surface area contributed by atoms with Gasteiger partial charge in [0.15, 0.2) is 6.54 Å². The van der Waals surface area contributed by atoms with E-state index in [9.17, 15) is 4.79 Å². The molecule has 0 radical (unpaired) electrons. The van der Waals surface area contributed by atoms with Crippen LogP contribution >= 0.6 is 0 Å². The molecule has 0 bridgehead atoms. The lowest BCUT2D eigenvalue weighted by molar-refractivity contribution is -0.885. The van der Waals surface area contributed by atoms with Gasteiger partial charge in [0, 0.05) is 12.1 Å². The molecule has 0 aromatic heterocycles. The topological polar surface area (TPSA) is 33.5 Å². The Hall–Kier alpha value is -2.65. The second-order valence-electron chi connectivity index (χ2n) is 7.02. The minimum atomic E-state index is 0.108. The van der Waals surface area contributed by atoms with Gasteiger partial charge in [0.1, 0.15) is 6.54 Å². The molecule has 0 aliphatic rings. The van der Waals surface area contributed by atoms with E-state index < -0.39 is 0 Å². The summed E-state index contributed by atoms with van der Waals surface area (Å²) < 4.78 is 0. The molecule has 0 heterocycles. The van der Waals surface area contributed by atoms with Crippen molar-refractivity contribution in [3.63, 3.8) is 0 Å². The summed E-state index contributed by atoms with van der Waals surface area (Å²) >= 11 is 0. The van der Waals surface area contributed by atoms with Crippen molar-refractivity contribution >= 4 is 16.7 Å². The quantitative estimate of drug-likeness (QED) is 0.677. The van der Waals surface area contributed by atoms with Gasteiger partial charge in [-0.15, -0.1) is 0 Å². The van der Waals surface area contributed by atoms with Gasteiger partial charge in [0.05, 0.1) is 7.05 Å².